The number of rotatable bonds is 3. The highest BCUT2D eigenvalue weighted by atomic mass is 16.5. The lowest BCUT2D eigenvalue weighted by atomic mass is 10.2. The maximum Gasteiger partial charge on any atom is 0.323 e. The largest absolute Gasteiger partial charge is 0.380 e. The molecule has 0 aliphatic carbocycles. The molecule has 0 spiro atoms. The zero-order valence-corrected chi connectivity index (χ0v) is 8.82. The number of carbonyl (C=O) groups excluding carboxylic acids is 2. The molecule has 0 bridgehead atoms. The van der Waals surface area contributed by atoms with E-state index in [1.54, 1.807) is 30.7 Å². The van der Waals surface area contributed by atoms with E-state index in [9.17, 15) is 9.59 Å². The Morgan fingerprint density at radius 2 is 2.12 bits per heavy atom. The maximum atomic E-state index is 11.2. The first-order valence-corrected chi connectivity index (χ1v) is 4.57. The fourth-order valence-corrected chi connectivity index (χ4v) is 1.16. The predicted octanol–water partition coefficient (Wildman–Crippen LogP) is -0.239. The van der Waals surface area contributed by atoms with Crippen molar-refractivity contribution in [3.05, 3.63) is 29.8 Å². The number of amides is 2. The van der Waals surface area contributed by atoms with Gasteiger partial charge < -0.3 is 10.1 Å². The van der Waals surface area contributed by atoms with E-state index in [0.717, 1.165) is 5.56 Å². The van der Waals surface area contributed by atoms with Crippen LogP contribution in [-0.4, -0.2) is 18.9 Å². The summed E-state index contributed by atoms with van der Waals surface area (Å²) in [6.45, 7) is 0.437. The molecule has 0 heterocycles. The summed E-state index contributed by atoms with van der Waals surface area (Å²) in [5.41, 5.74) is 3.16. The van der Waals surface area contributed by atoms with Crippen LogP contribution in [-0.2, 0) is 20.9 Å². The van der Waals surface area contributed by atoms with Crippen LogP contribution in [0, 0.1) is 0 Å². The third kappa shape index (κ3) is 3.34. The summed E-state index contributed by atoms with van der Waals surface area (Å²) in [5.74, 6) is 3.12. The molecule has 0 fully saturated rings. The van der Waals surface area contributed by atoms with Gasteiger partial charge >= 0.3 is 11.8 Å². The lowest BCUT2D eigenvalue weighted by Gasteiger charge is -2.05. The van der Waals surface area contributed by atoms with Crippen molar-refractivity contribution in [2.75, 3.05) is 12.4 Å². The molecule has 6 heteroatoms. The highest BCUT2D eigenvalue weighted by Gasteiger charge is 2.11. The molecule has 1 aromatic rings. The van der Waals surface area contributed by atoms with Crippen LogP contribution in [0.3, 0.4) is 0 Å². The number of carbonyl (C=O) groups is 2. The Labute approximate surface area is 92.7 Å². The molecule has 0 atom stereocenters. The van der Waals surface area contributed by atoms with Gasteiger partial charge in [0.25, 0.3) is 0 Å². The second kappa shape index (κ2) is 5.84. The number of anilines is 1. The van der Waals surface area contributed by atoms with Crippen LogP contribution in [0.2, 0.25) is 0 Å². The Kier molecular flexibility index (Phi) is 4.43. The first kappa shape index (κ1) is 12.2. The minimum absolute atomic E-state index is 0.437. The van der Waals surface area contributed by atoms with E-state index in [4.69, 9.17) is 10.6 Å². The Morgan fingerprint density at radius 3 is 2.75 bits per heavy atom. The molecule has 0 saturated carbocycles. The normalized spacial score (nSPS) is 9.62. The van der Waals surface area contributed by atoms with E-state index < -0.39 is 11.8 Å². The molecule has 86 valence electrons. The molecule has 0 saturated heterocycles. The van der Waals surface area contributed by atoms with Crippen LogP contribution in [0.5, 0.6) is 0 Å². The third-order valence-corrected chi connectivity index (χ3v) is 1.83. The van der Waals surface area contributed by atoms with Crippen molar-refractivity contribution >= 4 is 17.5 Å². The second-order valence-electron chi connectivity index (χ2n) is 3.06. The molecule has 16 heavy (non-hydrogen) atoms. The van der Waals surface area contributed by atoms with Crippen LogP contribution >= 0.6 is 0 Å². The summed E-state index contributed by atoms with van der Waals surface area (Å²) in [5, 5.41) is 2.40. The molecule has 0 aromatic heterocycles. The summed E-state index contributed by atoms with van der Waals surface area (Å²) in [4.78, 5) is 22.0. The number of methoxy groups -OCH3 is 1. The summed E-state index contributed by atoms with van der Waals surface area (Å²) in [7, 11) is 1.58. The smallest absolute Gasteiger partial charge is 0.323 e. The van der Waals surface area contributed by atoms with Gasteiger partial charge in [0.1, 0.15) is 0 Å². The van der Waals surface area contributed by atoms with E-state index in [2.05, 4.69) is 5.32 Å². The Balaban J connectivity index is 2.70. The second-order valence-corrected chi connectivity index (χ2v) is 3.06. The van der Waals surface area contributed by atoms with Crippen LogP contribution in [0.25, 0.3) is 0 Å². The number of hydrogen-bond acceptors (Lipinski definition) is 4. The zero-order valence-electron chi connectivity index (χ0n) is 8.82. The number of nitrogens with two attached hydrogens (primary N) is 1. The highest BCUT2D eigenvalue weighted by Crippen LogP contribution is 2.11. The van der Waals surface area contributed by atoms with Crippen molar-refractivity contribution in [2.24, 2.45) is 5.84 Å². The molecule has 2 amide bonds. The van der Waals surface area contributed by atoms with Crippen LogP contribution < -0.4 is 16.6 Å². The topological polar surface area (TPSA) is 93.4 Å². The fourth-order valence-electron chi connectivity index (χ4n) is 1.16. The van der Waals surface area contributed by atoms with Gasteiger partial charge in [-0.2, -0.15) is 0 Å². The molecule has 1 rings (SSSR count). The van der Waals surface area contributed by atoms with E-state index >= 15 is 0 Å². The van der Waals surface area contributed by atoms with E-state index in [0.29, 0.717) is 12.3 Å². The average Bonchev–Trinajstić information content (AvgIpc) is 2.29. The van der Waals surface area contributed by atoms with Crippen molar-refractivity contribution in [3.63, 3.8) is 0 Å². The van der Waals surface area contributed by atoms with E-state index in [-0.39, 0.29) is 0 Å². The van der Waals surface area contributed by atoms with Gasteiger partial charge in [0.2, 0.25) is 0 Å². The predicted molar refractivity (Wildman–Crippen MR) is 58.1 cm³/mol. The van der Waals surface area contributed by atoms with Gasteiger partial charge in [-0.25, -0.2) is 5.84 Å². The van der Waals surface area contributed by atoms with Gasteiger partial charge in [-0.05, 0) is 17.7 Å². The first-order valence-electron chi connectivity index (χ1n) is 4.57. The van der Waals surface area contributed by atoms with E-state index in [1.165, 1.54) is 0 Å². The molecule has 0 aliphatic rings. The van der Waals surface area contributed by atoms with Crippen molar-refractivity contribution in [1.29, 1.82) is 0 Å². The molecule has 0 aliphatic heterocycles. The third-order valence-electron chi connectivity index (χ3n) is 1.83. The van der Waals surface area contributed by atoms with Crippen molar-refractivity contribution < 1.29 is 14.3 Å². The van der Waals surface area contributed by atoms with Crippen molar-refractivity contribution in [3.8, 4) is 0 Å². The van der Waals surface area contributed by atoms with Gasteiger partial charge in [0.15, 0.2) is 0 Å². The van der Waals surface area contributed by atoms with Crippen LogP contribution in [0.15, 0.2) is 24.3 Å². The summed E-state index contributed by atoms with van der Waals surface area (Å²) >= 11 is 0. The van der Waals surface area contributed by atoms with Gasteiger partial charge in [-0.15, -0.1) is 0 Å². The average molecular weight is 223 g/mol. The SMILES string of the molecule is COCc1cccc(NC(=O)C(=O)NN)c1. The monoisotopic (exact) mass is 223 g/mol. The lowest BCUT2D eigenvalue weighted by Crippen LogP contribution is -2.39. The summed E-state index contributed by atoms with van der Waals surface area (Å²) in [6.07, 6.45) is 0. The minimum Gasteiger partial charge on any atom is -0.380 e. The lowest BCUT2D eigenvalue weighted by molar-refractivity contribution is -0.136. The molecule has 6 nitrogen and oxygen atoms in total. The number of benzene rings is 1. The number of nitrogens with one attached hydrogen (secondary N) is 2. The number of hydrogen-bond donors (Lipinski definition) is 3. The van der Waals surface area contributed by atoms with Crippen LogP contribution in [0.4, 0.5) is 5.69 Å². The van der Waals surface area contributed by atoms with Gasteiger partial charge in [0.05, 0.1) is 6.61 Å². The van der Waals surface area contributed by atoms with Gasteiger partial charge in [-0.3, -0.25) is 15.0 Å². The van der Waals surface area contributed by atoms with Crippen LogP contribution in [0.1, 0.15) is 5.56 Å². The molecular formula is C10H13N3O3. The number of hydrazine groups is 1. The van der Waals surface area contributed by atoms with Gasteiger partial charge in [-0.1, -0.05) is 12.1 Å². The quantitative estimate of drug-likeness (QED) is 0.285. The van der Waals surface area contributed by atoms with Crippen molar-refractivity contribution in [1.82, 2.24) is 5.43 Å². The standard InChI is InChI=1S/C10H13N3O3/c1-16-6-7-3-2-4-8(5-7)12-9(14)10(15)13-11/h2-5H,6,11H2,1H3,(H,12,14)(H,13,15). The Morgan fingerprint density at radius 1 is 1.38 bits per heavy atom. The molecule has 4 N–H and O–H groups in total. The molecule has 0 unspecified atom stereocenters. The summed E-state index contributed by atoms with van der Waals surface area (Å²) < 4.78 is 4.94. The molecule has 0 radical (unpaired) electrons. The maximum absolute atomic E-state index is 11.2. The first-order chi connectivity index (χ1) is 7.67. The number of ether oxygens (including phenoxy) is 1. The fraction of sp³-hybridized carbons (Fsp3) is 0.200. The Hall–Kier alpha value is -1.92. The zero-order chi connectivity index (χ0) is 12.0. The highest BCUT2D eigenvalue weighted by molar-refractivity contribution is 6.39. The summed E-state index contributed by atoms with van der Waals surface area (Å²) in [6, 6.07) is 6.98. The molecule has 1 aromatic carbocycles. The van der Waals surface area contributed by atoms with Crippen molar-refractivity contribution in [2.45, 2.75) is 6.61 Å². The molecular weight excluding hydrogens is 210 g/mol. The Bertz CT molecular complexity index is 393. The van der Waals surface area contributed by atoms with Gasteiger partial charge in [0, 0.05) is 12.8 Å². The minimum atomic E-state index is -0.892. The van der Waals surface area contributed by atoms with E-state index in [1.807, 2.05) is 6.07 Å².